The van der Waals surface area contributed by atoms with Crippen LogP contribution in [-0.4, -0.2) is 121 Å². The van der Waals surface area contributed by atoms with Gasteiger partial charge in [-0.05, 0) is 6.92 Å². The van der Waals surface area contributed by atoms with Gasteiger partial charge in [0.15, 0.2) is 12.6 Å². The molecule has 0 aromatic heterocycles. The summed E-state index contributed by atoms with van der Waals surface area (Å²) in [7, 11) is -4.67. The highest BCUT2D eigenvalue weighted by Gasteiger charge is 2.49. The molecule has 9 N–H and O–H groups in total. The van der Waals surface area contributed by atoms with Crippen molar-refractivity contribution in [3.8, 4) is 0 Å². The Bertz CT molecular complexity index is 548. The maximum atomic E-state index is 9.93. The molecule has 14 nitrogen and oxygen atoms in total. The van der Waals surface area contributed by atoms with Gasteiger partial charge in [0.05, 0.1) is 12.7 Å². The van der Waals surface area contributed by atoms with Gasteiger partial charge in [-0.15, -0.1) is 0 Å². The van der Waals surface area contributed by atoms with Crippen molar-refractivity contribution in [1.29, 1.82) is 0 Å². The van der Waals surface area contributed by atoms with Crippen molar-refractivity contribution in [2.45, 2.75) is 68.3 Å². The molecule has 0 aromatic rings. The Balaban J connectivity index is 0.000000646. The molecular formula is C12H24O14S. The molecular weight excluding hydrogens is 400 g/mol. The van der Waals surface area contributed by atoms with Gasteiger partial charge in [0, 0.05) is 0 Å². The third kappa shape index (κ3) is 6.79. The molecule has 0 spiro atoms. The second-order valence-corrected chi connectivity index (χ2v) is 6.85. The third-order valence-electron chi connectivity index (χ3n) is 3.94. The number of hydrogen-bond donors (Lipinski definition) is 9. The first kappa shape index (κ1) is 24.5. The summed E-state index contributed by atoms with van der Waals surface area (Å²) >= 11 is 0. The number of rotatable bonds is 3. The fourth-order valence-electron chi connectivity index (χ4n) is 2.50. The summed E-state index contributed by atoms with van der Waals surface area (Å²) in [5.74, 6) is 0. The third-order valence-corrected chi connectivity index (χ3v) is 3.94. The highest BCUT2D eigenvalue weighted by atomic mass is 32.3. The first-order chi connectivity index (χ1) is 12.3. The highest BCUT2D eigenvalue weighted by Crippen LogP contribution is 2.28. The predicted molar refractivity (Wildman–Crippen MR) is 81.4 cm³/mol. The maximum absolute atomic E-state index is 9.93. The van der Waals surface area contributed by atoms with E-state index in [1.54, 1.807) is 0 Å². The highest BCUT2D eigenvalue weighted by molar-refractivity contribution is 7.79. The van der Waals surface area contributed by atoms with Crippen molar-refractivity contribution < 1.29 is 67.5 Å². The quantitative estimate of drug-likeness (QED) is 0.193. The van der Waals surface area contributed by atoms with Gasteiger partial charge in [-0.1, -0.05) is 0 Å². The van der Waals surface area contributed by atoms with Gasteiger partial charge in [0.1, 0.15) is 42.7 Å². The SMILES string of the molecule is C[C@@H]1O[C@@H](O[C@@H]2[C@@H](O)[C@@H](O)[C@@H](CO)O[C@H]2O)[C@@H](O)[C@H](O)[C@@H]1O.O=S(=O)(O)O. The van der Waals surface area contributed by atoms with E-state index in [-0.39, 0.29) is 0 Å². The monoisotopic (exact) mass is 424 g/mol. The molecule has 162 valence electrons. The van der Waals surface area contributed by atoms with Crippen LogP contribution in [0.25, 0.3) is 0 Å². The van der Waals surface area contributed by atoms with Crippen LogP contribution in [0.2, 0.25) is 0 Å². The molecule has 0 amide bonds. The molecule has 2 saturated heterocycles. The summed E-state index contributed by atoms with van der Waals surface area (Å²) in [5, 5.41) is 67.5. The van der Waals surface area contributed by atoms with E-state index in [4.69, 9.17) is 36.8 Å². The van der Waals surface area contributed by atoms with Crippen LogP contribution in [0.1, 0.15) is 6.92 Å². The van der Waals surface area contributed by atoms with Gasteiger partial charge in [-0.2, -0.15) is 8.42 Å². The molecule has 2 fully saturated rings. The fraction of sp³-hybridized carbons (Fsp3) is 1.00. The van der Waals surface area contributed by atoms with Gasteiger partial charge in [0.2, 0.25) is 0 Å². The van der Waals surface area contributed by atoms with E-state index in [0.29, 0.717) is 0 Å². The van der Waals surface area contributed by atoms with Crippen LogP contribution < -0.4 is 0 Å². The smallest absolute Gasteiger partial charge is 0.394 e. The molecule has 10 atom stereocenters. The van der Waals surface area contributed by atoms with E-state index < -0.39 is 78.4 Å². The molecule has 2 heterocycles. The van der Waals surface area contributed by atoms with Crippen LogP contribution in [0, 0.1) is 0 Å². The van der Waals surface area contributed by atoms with Crippen molar-refractivity contribution in [3.63, 3.8) is 0 Å². The van der Waals surface area contributed by atoms with Crippen molar-refractivity contribution in [3.05, 3.63) is 0 Å². The predicted octanol–water partition coefficient (Wildman–Crippen LogP) is -5.02. The van der Waals surface area contributed by atoms with Crippen LogP contribution in [0.15, 0.2) is 0 Å². The van der Waals surface area contributed by atoms with E-state index >= 15 is 0 Å². The van der Waals surface area contributed by atoms with Crippen LogP contribution in [0.3, 0.4) is 0 Å². The van der Waals surface area contributed by atoms with Crippen LogP contribution >= 0.6 is 0 Å². The minimum atomic E-state index is -4.67. The Morgan fingerprint density at radius 3 is 1.85 bits per heavy atom. The normalized spacial score (nSPS) is 45.7. The lowest BCUT2D eigenvalue weighted by molar-refractivity contribution is -0.358. The van der Waals surface area contributed by atoms with Gasteiger partial charge in [-0.25, -0.2) is 0 Å². The standard InChI is InChI=1S/C12H22O10.H2O4S/c1-3-5(14)7(16)9(18)12(20-3)22-10-8(17)6(15)4(2-13)21-11(10)19;1-5(2,3)4/h3-19H,2H2,1H3;(H2,1,2,3,4)/t3-,4+,5+,6-,7+,8-,9-,10+,11+,12-;/m0./s1. The number of aliphatic hydroxyl groups is 7. The molecule has 0 saturated carbocycles. The van der Waals surface area contributed by atoms with Crippen molar-refractivity contribution >= 4 is 10.4 Å². The van der Waals surface area contributed by atoms with Crippen molar-refractivity contribution in [1.82, 2.24) is 0 Å². The van der Waals surface area contributed by atoms with Crippen LogP contribution in [0.4, 0.5) is 0 Å². The summed E-state index contributed by atoms with van der Waals surface area (Å²) in [5.41, 5.74) is 0. The van der Waals surface area contributed by atoms with Crippen molar-refractivity contribution in [2.75, 3.05) is 6.61 Å². The lowest BCUT2D eigenvalue weighted by atomic mass is 9.97. The van der Waals surface area contributed by atoms with E-state index in [1.807, 2.05) is 0 Å². The van der Waals surface area contributed by atoms with E-state index in [9.17, 15) is 30.6 Å². The van der Waals surface area contributed by atoms with Crippen molar-refractivity contribution in [2.24, 2.45) is 0 Å². The van der Waals surface area contributed by atoms with Gasteiger partial charge in [-0.3, -0.25) is 9.11 Å². The lowest BCUT2D eigenvalue weighted by Crippen LogP contribution is -2.63. The minimum absolute atomic E-state index is 0.619. The molecule has 2 aliphatic heterocycles. The molecule has 15 heteroatoms. The summed E-state index contributed by atoms with van der Waals surface area (Å²) < 4.78 is 46.9. The Kier molecular flexibility index (Phi) is 8.89. The zero-order valence-electron chi connectivity index (χ0n) is 14.0. The minimum Gasteiger partial charge on any atom is -0.394 e. The number of aliphatic hydroxyl groups excluding tert-OH is 7. The van der Waals surface area contributed by atoms with Crippen LogP contribution in [-0.2, 0) is 24.6 Å². The first-order valence-corrected chi connectivity index (χ1v) is 9.03. The summed E-state index contributed by atoms with van der Waals surface area (Å²) in [4.78, 5) is 0. The largest absolute Gasteiger partial charge is 0.394 e. The second-order valence-electron chi connectivity index (χ2n) is 5.96. The Hall–Kier alpha value is -0.530. The summed E-state index contributed by atoms with van der Waals surface area (Å²) in [6.45, 7) is 0.823. The Morgan fingerprint density at radius 2 is 1.37 bits per heavy atom. The molecule has 2 aliphatic rings. The van der Waals surface area contributed by atoms with E-state index in [1.165, 1.54) is 6.92 Å². The molecule has 0 aromatic carbocycles. The fourth-order valence-corrected chi connectivity index (χ4v) is 2.50. The average Bonchev–Trinajstić information content (AvgIpc) is 2.55. The zero-order chi connectivity index (χ0) is 21.1. The number of hydrogen-bond acceptors (Lipinski definition) is 12. The topological polar surface area (TPSA) is 244 Å². The second kappa shape index (κ2) is 9.79. The Morgan fingerprint density at radius 1 is 0.852 bits per heavy atom. The Labute approximate surface area is 153 Å². The van der Waals surface area contributed by atoms with Crippen LogP contribution in [0.5, 0.6) is 0 Å². The number of ether oxygens (including phenoxy) is 3. The first-order valence-electron chi connectivity index (χ1n) is 7.63. The molecule has 0 unspecified atom stereocenters. The van der Waals surface area contributed by atoms with Gasteiger partial charge >= 0.3 is 10.4 Å². The zero-order valence-corrected chi connectivity index (χ0v) is 14.8. The molecule has 0 radical (unpaired) electrons. The summed E-state index contributed by atoms with van der Waals surface area (Å²) in [6.07, 6.45) is -14.3. The van der Waals surface area contributed by atoms with E-state index in [0.717, 1.165) is 0 Å². The molecule has 0 bridgehead atoms. The molecule has 27 heavy (non-hydrogen) atoms. The molecule has 0 aliphatic carbocycles. The average molecular weight is 424 g/mol. The maximum Gasteiger partial charge on any atom is 0.394 e. The lowest BCUT2D eigenvalue weighted by Gasteiger charge is -2.44. The van der Waals surface area contributed by atoms with Gasteiger partial charge in [0.25, 0.3) is 0 Å². The van der Waals surface area contributed by atoms with E-state index in [2.05, 4.69) is 0 Å². The van der Waals surface area contributed by atoms with Gasteiger partial charge < -0.3 is 50.0 Å². The summed E-state index contributed by atoms with van der Waals surface area (Å²) in [6, 6.07) is 0. The molecule has 2 rings (SSSR count).